The Labute approximate surface area is 130 Å². The van der Waals surface area contributed by atoms with Crippen LogP contribution in [0.25, 0.3) is 6.08 Å². The SMILES string of the molecule is COc1cccc(/C=C/C(=O)N(C)CC(=O)N(C)CCO)c1. The summed E-state index contributed by atoms with van der Waals surface area (Å²) in [4.78, 5) is 26.5. The highest BCUT2D eigenvalue weighted by atomic mass is 16.5. The fraction of sp³-hybridized carbons (Fsp3) is 0.375. The summed E-state index contributed by atoms with van der Waals surface area (Å²) in [5, 5.41) is 8.79. The molecule has 120 valence electrons. The highest BCUT2D eigenvalue weighted by molar-refractivity contribution is 5.94. The van der Waals surface area contributed by atoms with E-state index in [0.717, 1.165) is 5.56 Å². The number of carbonyl (C=O) groups excluding carboxylic acids is 2. The van der Waals surface area contributed by atoms with Gasteiger partial charge in [0.15, 0.2) is 0 Å². The molecule has 2 amide bonds. The molecular weight excluding hydrogens is 284 g/mol. The number of ether oxygens (including phenoxy) is 1. The van der Waals surface area contributed by atoms with Crippen molar-refractivity contribution in [3.05, 3.63) is 35.9 Å². The van der Waals surface area contributed by atoms with Crippen LogP contribution in [-0.2, 0) is 9.59 Å². The number of aliphatic hydroxyl groups excluding tert-OH is 1. The lowest BCUT2D eigenvalue weighted by molar-refractivity contribution is -0.136. The molecule has 1 rings (SSSR count). The highest BCUT2D eigenvalue weighted by Crippen LogP contribution is 2.13. The van der Waals surface area contributed by atoms with E-state index in [1.54, 1.807) is 27.3 Å². The van der Waals surface area contributed by atoms with Crippen molar-refractivity contribution >= 4 is 17.9 Å². The molecule has 0 spiro atoms. The zero-order valence-electron chi connectivity index (χ0n) is 13.2. The Balaban J connectivity index is 2.59. The van der Waals surface area contributed by atoms with E-state index < -0.39 is 0 Å². The summed E-state index contributed by atoms with van der Waals surface area (Å²) in [6.45, 7) is 0.119. The Morgan fingerprint density at radius 1 is 1.27 bits per heavy atom. The molecule has 0 aromatic heterocycles. The van der Waals surface area contributed by atoms with E-state index in [9.17, 15) is 9.59 Å². The standard InChI is InChI=1S/C16H22N2O4/c1-17(9-10-19)16(21)12-18(2)15(20)8-7-13-5-4-6-14(11-13)22-3/h4-8,11,19H,9-10,12H2,1-3H3/b8-7+. The Morgan fingerprint density at radius 3 is 2.64 bits per heavy atom. The predicted octanol–water partition coefficient (Wildman–Crippen LogP) is 0.617. The second-order valence-corrected chi connectivity index (χ2v) is 4.84. The van der Waals surface area contributed by atoms with Crippen LogP contribution in [0.15, 0.2) is 30.3 Å². The molecule has 6 heteroatoms. The van der Waals surface area contributed by atoms with Crippen LogP contribution >= 0.6 is 0 Å². The van der Waals surface area contributed by atoms with Gasteiger partial charge in [0.05, 0.1) is 20.3 Å². The average molecular weight is 306 g/mol. The van der Waals surface area contributed by atoms with Gasteiger partial charge < -0.3 is 19.6 Å². The molecule has 0 fully saturated rings. The Morgan fingerprint density at radius 2 is 2.00 bits per heavy atom. The highest BCUT2D eigenvalue weighted by Gasteiger charge is 2.13. The van der Waals surface area contributed by atoms with Gasteiger partial charge in [0, 0.05) is 26.7 Å². The minimum absolute atomic E-state index is 0.0300. The molecule has 6 nitrogen and oxygen atoms in total. The molecule has 22 heavy (non-hydrogen) atoms. The molecule has 1 aromatic rings. The molecular formula is C16H22N2O4. The molecule has 0 radical (unpaired) electrons. The summed E-state index contributed by atoms with van der Waals surface area (Å²) in [6.07, 6.45) is 3.08. The van der Waals surface area contributed by atoms with Gasteiger partial charge in [-0.25, -0.2) is 0 Å². The van der Waals surface area contributed by atoms with Gasteiger partial charge in [0.25, 0.3) is 0 Å². The van der Waals surface area contributed by atoms with Crippen LogP contribution < -0.4 is 4.74 Å². The topological polar surface area (TPSA) is 70.1 Å². The zero-order valence-corrected chi connectivity index (χ0v) is 13.2. The number of benzene rings is 1. The number of rotatable bonds is 7. The number of methoxy groups -OCH3 is 1. The molecule has 0 aliphatic carbocycles. The van der Waals surface area contributed by atoms with E-state index in [0.29, 0.717) is 5.75 Å². The van der Waals surface area contributed by atoms with Crippen molar-refractivity contribution in [1.82, 2.24) is 9.80 Å². The summed E-state index contributed by atoms with van der Waals surface area (Å²) in [5.41, 5.74) is 0.838. The Kier molecular flexibility index (Phi) is 7.12. The van der Waals surface area contributed by atoms with E-state index in [4.69, 9.17) is 9.84 Å². The minimum Gasteiger partial charge on any atom is -0.497 e. The maximum atomic E-state index is 12.0. The molecule has 0 bridgehead atoms. The van der Waals surface area contributed by atoms with Crippen molar-refractivity contribution in [2.75, 3.05) is 40.9 Å². The quantitative estimate of drug-likeness (QED) is 0.750. The third-order valence-corrected chi connectivity index (χ3v) is 3.12. The van der Waals surface area contributed by atoms with E-state index in [2.05, 4.69) is 0 Å². The largest absolute Gasteiger partial charge is 0.497 e. The fourth-order valence-corrected chi connectivity index (χ4v) is 1.72. The van der Waals surface area contributed by atoms with Gasteiger partial charge in [0.2, 0.25) is 11.8 Å². The first-order valence-corrected chi connectivity index (χ1v) is 6.90. The van der Waals surface area contributed by atoms with Crippen LogP contribution in [-0.4, -0.2) is 67.6 Å². The second-order valence-electron chi connectivity index (χ2n) is 4.84. The smallest absolute Gasteiger partial charge is 0.246 e. The molecule has 1 aromatic carbocycles. The van der Waals surface area contributed by atoms with E-state index >= 15 is 0 Å². The molecule has 0 heterocycles. The lowest BCUT2D eigenvalue weighted by Crippen LogP contribution is -2.39. The average Bonchev–Trinajstić information content (AvgIpc) is 2.52. The molecule has 0 atom stereocenters. The van der Waals surface area contributed by atoms with Crippen molar-refractivity contribution in [2.45, 2.75) is 0 Å². The van der Waals surface area contributed by atoms with Gasteiger partial charge in [-0.1, -0.05) is 12.1 Å². The summed E-state index contributed by atoms with van der Waals surface area (Å²) in [5.74, 6) is 0.219. The first-order valence-electron chi connectivity index (χ1n) is 6.90. The van der Waals surface area contributed by atoms with E-state index in [1.807, 2.05) is 24.3 Å². The van der Waals surface area contributed by atoms with Crippen LogP contribution in [0.3, 0.4) is 0 Å². The van der Waals surface area contributed by atoms with E-state index in [-0.39, 0.29) is 31.5 Å². The van der Waals surface area contributed by atoms with E-state index in [1.165, 1.54) is 15.9 Å². The summed E-state index contributed by atoms with van der Waals surface area (Å²) in [7, 11) is 4.72. The number of amides is 2. The van der Waals surface area contributed by atoms with Crippen LogP contribution in [0, 0.1) is 0 Å². The van der Waals surface area contributed by atoms with Crippen LogP contribution in [0.1, 0.15) is 5.56 Å². The summed E-state index contributed by atoms with van der Waals surface area (Å²) in [6, 6.07) is 7.32. The van der Waals surface area contributed by atoms with Crippen molar-refractivity contribution in [1.29, 1.82) is 0 Å². The molecule has 1 N–H and O–H groups in total. The third kappa shape index (κ3) is 5.57. The first kappa shape index (κ1) is 17.7. The number of hydrogen-bond donors (Lipinski definition) is 1. The number of carbonyl (C=O) groups is 2. The molecule has 0 saturated heterocycles. The predicted molar refractivity (Wildman–Crippen MR) is 84.4 cm³/mol. The monoisotopic (exact) mass is 306 g/mol. The van der Waals surface area contributed by atoms with Gasteiger partial charge >= 0.3 is 0 Å². The van der Waals surface area contributed by atoms with Crippen LogP contribution in [0.5, 0.6) is 5.75 Å². The number of aliphatic hydroxyl groups is 1. The van der Waals surface area contributed by atoms with Gasteiger partial charge in [-0.05, 0) is 23.8 Å². The first-order chi connectivity index (χ1) is 10.5. The zero-order chi connectivity index (χ0) is 16.5. The second kappa shape index (κ2) is 8.84. The summed E-state index contributed by atoms with van der Waals surface area (Å²) >= 11 is 0. The number of hydrogen-bond acceptors (Lipinski definition) is 4. The van der Waals surface area contributed by atoms with Crippen molar-refractivity contribution in [2.24, 2.45) is 0 Å². The van der Waals surface area contributed by atoms with Crippen LogP contribution in [0.4, 0.5) is 0 Å². The van der Waals surface area contributed by atoms with Gasteiger partial charge in [-0.2, -0.15) is 0 Å². The molecule has 0 aliphatic rings. The molecule has 0 unspecified atom stereocenters. The van der Waals surface area contributed by atoms with Crippen molar-refractivity contribution < 1.29 is 19.4 Å². The minimum atomic E-state index is -0.270. The summed E-state index contributed by atoms with van der Waals surface area (Å²) < 4.78 is 5.11. The third-order valence-electron chi connectivity index (χ3n) is 3.12. The van der Waals surface area contributed by atoms with Gasteiger partial charge in [-0.3, -0.25) is 9.59 Å². The normalized spacial score (nSPS) is 10.5. The lowest BCUT2D eigenvalue weighted by Gasteiger charge is -2.20. The van der Waals surface area contributed by atoms with Gasteiger partial charge in [0.1, 0.15) is 5.75 Å². The van der Waals surface area contributed by atoms with Crippen molar-refractivity contribution in [3.63, 3.8) is 0 Å². The number of nitrogens with zero attached hydrogens (tertiary/aromatic N) is 2. The fourth-order valence-electron chi connectivity index (χ4n) is 1.72. The van der Waals surface area contributed by atoms with Crippen LogP contribution in [0.2, 0.25) is 0 Å². The Hall–Kier alpha value is -2.34. The Bertz CT molecular complexity index is 543. The van der Waals surface area contributed by atoms with Gasteiger partial charge in [-0.15, -0.1) is 0 Å². The molecule has 0 aliphatic heterocycles. The van der Waals surface area contributed by atoms with Crippen molar-refractivity contribution in [3.8, 4) is 5.75 Å². The number of likely N-dealkylation sites (N-methyl/N-ethyl adjacent to an activating group) is 2. The maximum Gasteiger partial charge on any atom is 0.246 e. The maximum absolute atomic E-state index is 12.0. The lowest BCUT2D eigenvalue weighted by atomic mass is 10.2. The molecule has 0 saturated carbocycles.